The molecule has 1 saturated heterocycles. The molecule has 5 atom stereocenters. The molecule has 1 fully saturated rings. The molecule has 0 aromatic rings. The van der Waals surface area contributed by atoms with Crippen molar-refractivity contribution in [3.63, 3.8) is 0 Å². The van der Waals surface area contributed by atoms with Crippen molar-refractivity contribution in [2.45, 2.75) is 89.0 Å². The Morgan fingerprint density at radius 2 is 1.48 bits per heavy atom. The molecule has 0 radical (unpaired) electrons. The number of nitrogens with zero attached hydrogens (tertiary/aromatic N) is 1. The zero-order valence-corrected chi connectivity index (χ0v) is 26.5. The number of carboxylic acids is 3. The summed E-state index contributed by atoms with van der Waals surface area (Å²) in [5.41, 5.74) is 5.25. The number of nitrogens with one attached hydrogen (secondary N) is 7. The lowest BCUT2D eigenvalue weighted by Crippen LogP contribution is -2.57. The summed E-state index contributed by atoms with van der Waals surface area (Å²) < 4.78 is 0. The minimum absolute atomic E-state index is 0.00331. The molecule has 0 unspecified atom stereocenters. The van der Waals surface area contributed by atoms with Crippen LogP contribution >= 0.6 is 0 Å². The molecular formula is C27H43N9O12. The molecule has 21 nitrogen and oxygen atoms in total. The second kappa shape index (κ2) is 19.9. The first-order valence-corrected chi connectivity index (χ1v) is 14.9. The standard InChI is InChI=1S/C27H43N9O12/c1-13(32-14(2)37)22(43)34-15(7-8-20(39)40)24(45)35-17(11-21(41)42)23(44)31-12-19(38)33-16(5-3-9-30-27(28)29)25(46)36-10-4-6-18(36)26(47)48/h13,15-18H,3-12H2,1-2H3,(H,31,44)(H,32,37)(H,33,38)(H,34,43)(H,35,45)(H,39,40)(H,41,42)(H,47,48)(H4,28,29,30)/t13-,15-,16-,17-,18-/m0/s1. The van der Waals surface area contributed by atoms with E-state index in [-0.39, 0.29) is 38.3 Å². The van der Waals surface area contributed by atoms with Crippen molar-refractivity contribution in [3.05, 3.63) is 0 Å². The van der Waals surface area contributed by atoms with Gasteiger partial charge in [0.25, 0.3) is 0 Å². The van der Waals surface area contributed by atoms with E-state index in [0.717, 1.165) is 11.8 Å². The Balaban J connectivity index is 3.00. The second-order valence-corrected chi connectivity index (χ2v) is 10.9. The molecule has 6 amide bonds. The highest BCUT2D eigenvalue weighted by molar-refractivity contribution is 5.97. The van der Waals surface area contributed by atoms with Gasteiger partial charge in [-0.05, 0) is 39.0 Å². The summed E-state index contributed by atoms with van der Waals surface area (Å²) in [5, 5.41) is 48.8. The van der Waals surface area contributed by atoms with Crippen LogP contribution in [0.15, 0.2) is 0 Å². The first kappa shape index (κ1) is 40.5. The van der Waals surface area contributed by atoms with Crippen LogP contribution in [0.1, 0.15) is 58.8 Å². The number of nitrogens with two attached hydrogens (primary N) is 1. The third kappa shape index (κ3) is 14.7. The van der Waals surface area contributed by atoms with Gasteiger partial charge >= 0.3 is 17.9 Å². The molecule has 21 heteroatoms. The number of hydrogen-bond donors (Lipinski definition) is 11. The van der Waals surface area contributed by atoms with Crippen molar-refractivity contribution in [1.29, 1.82) is 5.41 Å². The van der Waals surface area contributed by atoms with Crippen molar-refractivity contribution in [3.8, 4) is 0 Å². The predicted octanol–water partition coefficient (Wildman–Crippen LogP) is -4.24. The van der Waals surface area contributed by atoms with Crippen molar-refractivity contribution in [1.82, 2.24) is 36.8 Å². The smallest absolute Gasteiger partial charge is 0.326 e. The van der Waals surface area contributed by atoms with Gasteiger partial charge < -0.3 is 57.9 Å². The number of carbonyl (C=O) groups excluding carboxylic acids is 6. The highest BCUT2D eigenvalue weighted by Gasteiger charge is 2.37. The van der Waals surface area contributed by atoms with E-state index in [1.807, 2.05) is 0 Å². The molecule has 0 saturated carbocycles. The molecule has 0 spiro atoms. The summed E-state index contributed by atoms with van der Waals surface area (Å²) >= 11 is 0. The molecule has 1 aliphatic heterocycles. The summed E-state index contributed by atoms with van der Waals surface area (Å²) in [6.07, 6.45) is -1.16. The minimum atomic E-state index is -1.80. The van der Waals surface area contributed by atoms with Crippen LogP contribution in [-0.4, -0.2) is 129 Å². The predicted molar refractivity (Wildman–Crippen MR) is 163 cm³/mol. The second-order valence-electron chi connectivity index (χ2n) is 10.9. The number of carboxylic acid groups (broad SMARTS) is 3. The van der Waals surface area contributed by atoms with Crippen LogP contribution in [0, 0.1) is 5.41 Å². The normalized spacial score (nSPS) is 16.2. The number of carbonyl (C=O) groups is 9. The first-order chi connectivity index (χ1) is 22.4. The van der Waals surface area contributed by atoms with Gasteiger partial charge in [-0.1, -0.05) is 0 Å². The molecule has 268 valence electrons. The average molecular weight is 686 g/mol. The summed E-state index contributed by atoms with van der Waals surface area (Å²) in [6, 6.07) is -6.79. The van der Waals surface area contributed by atoms with Crippen LogP contribution in [0.3, 0.4) is 0 Å². The molecule has 1 heterocycles. The number of aliphatic carboxylic acids is 3. The fourth-order valence-electron chi connectivity index (χ4n) is 4.67. The zero-order chi connectivity index (χ0) is 36.6. The molecule has 0 aromatic carbocycles. The van der Waals surface area contributed by atoms with Crippen LogP contribution in [-0.2, 0) is 43.2 Å². The van der Waals surface area contributed by atoms with Gasteiger partial charge in [0.1, 0.15) is 30.2 Å². The maximum atomic E-state index is 13.2. The van der Waals surface area contributed by atoms with Gasteiger partial charge in [0.2, 0.25) is 35.4 Å². The lowest BCUT2D eigenvalue weighted by atomic mass is 10.1. The van der Waals surface area contributed by atoms with E-state index >= 15 is 0 Å². The first-order valence-electron chi connectivity index (χ1n) is 14.9. The number of hydrogen-bond acceptors (Lipinski definition) is 10. The third-order valence-electron chi connectivity index (χ3n) is 6.97. The van der Waals surface area contributed by atoms with Gasteiger partial charge in [0.15, 0.2) is 5.96 Å². The SMILES string of the molecule is CC(=O)N[C@@H](C)C(=O)N[C@@H](CCC(=O)O)C(=O)N[C@@H](CC(=O)O)C(=O)NCC(=O)N[C@@H](CCCNC(=N)N)C(=O)N1CCC[C@H]1C(=O)O. The average Bonchev–Trinajstić information content (AvgIpc) is 3.48. The molecule has 48 heavy (non-hydrogen) atoms. The zero-order valence-electron chi connectivity index (χ0n) is 26.5. The summed E-state index contributed by atoms with van der Waals surface area (Å²) in [5.74, 6) is -9.67. The monoisotopic (exact) mass is 685 g/mol. The maximum Gasteiger partial charge on any atom is 0.326 e. The van der Waals surface area contributed by atoms with Crippen LogP contribution in [0.4, 0.5) is 0 Å². The Labute approximate surface area is 274 Å². The topological polar surface area (TPSA) is 340 Å². The molecular weight excluding hydrogens is 642 g/mol. The number of amides is 6. The quantitative estimate of drug-likeness (QED) is 0.0329. The Bertz CT molecular complexity index is 1260. The van der Waals surface area contributed by atoms with Crippen LogP contribution in [0.5, 0.6) is 0 Å². The lowest BCUT2D eigenvalue weighted by Gasteiger charge is -2.27. The molecule has 0 aliphatic carbocycles. The van der Waals surface area contributed by atoms with Crippen molar-refractivity contribution < 1.29 is 58.5 Å². The van der Waals surface area contributed by atoms with E-state index in [1.165, 1.54) is 6.92 Å². The van der Waals surface area contributed by atoms with Gasteiger partial charge in [-0.3, -0.25) is 43.8 Å². The van der Waals surface area contributed by atoms with Crippen LogP contribution < -0.4 is 37.6 Å². The van der Waals surface area contributed by atoms with Crippen LogP contribution in [0.25, 0.3) is 0 Å². The highest BCUT2D eigenvalue weighted by atomic mass is 16.4. The third-order valence-corrected chi connectivity index (χ3v) is 6.97. The Morgan fingerprint density at radius 3 is 2.04 bits per heavy atom. The van der Waals surface area contributed by atoms with E-state index in [2.05, 4.69) is 31.9 Å². The Kier molecular flexibility index (Phi) is 16.8. The summed E-state index contributed by atoms with van der Waals surface area (Å²) in [7, 11) is 0. The van der Waals surface area contributed by atoms with E-state index in [1.54, 1.807) is 0 Å². The number of guanidine groups is 1. The van der Waals surface area contributed by atoms with E-state index < -0.39 is 109 Å². The molecule has 0 aromatic heterocycles. The highest BCUT2D eigenvalue weighted by Crippen LogP contribution is 2.19. The van der Waals surface area contributed by atoms with Gasteiger partial charge in [-0.15, -0.1) is 0 Å². The maximum absolute atomic E-state index is 13.2. The molecule has 12 N–H and O–H groups in total. The van der Waals surface area contributed by atoms with Crippen LogP contribution in [0.2, 0.25) is 0 Å². The number of rotatable bonds is 20. The van der Waals surface area contributed by atoms with Crippen molar-refractivity contribution >= 4 is 59.3 Å². The van der Waals surface area contributed by atoms with Crippen molar-refractivity contribution in [2.75, 3.05) is 19.6 Å². The van der Waals surface area contributed by atoms with E-state index in [9.17, 15) is 53.4 Å². The molecule has 1 rings (SSSR count). The minimum Gasteiger partial charge on any atom is -0.481 e. The van der Waals surface area contributed by atoms with Gasteiger partial charge in [0, 0.05) is 26.4 Å². The number of likely N-dealkylation sites (tertiary alicyclic amines) is 1. The van der Waals surface area contributed by atoms with Gasteiger partial charge in [-0.25, -0.2) is 4.79 Å². The lowest BCUT2D eigenvalue weighted by molar-refractivity contribution is -0.149. The Hall–Kier alpha value is -5.50. The molecule has 1 aliphatic rings. The van der Waals surface area contributed by atoms with E-state index in [0.29, 0.717) is 6.42 Å². The van der Waals surface area contributed by atoms with Crippen molar-refractivity contribution in [2.24, 2.45) is 5.73 Å². The largest absolute Gasteiger partial charge is 0.481 e. The fraction of sp³-hybridized carbons (Fsp3) is 0.630. The fourth-order valence-corrected chi connectivity index (χ4v) is 4.67. The van der Waals surface area contributed by atoms with E-state index in [4.69, 9.17) is 16.2 Å². The Morgan fingerprint density at radius 1 is 0.833 bits per heavy atom. The van der Waals surface area contributed by atoms with Gasteiger partial charge in [-0.2, -0.15) is 0 Å². The molecule has 0 bridgehead atoms. The van der Waals surface area contributed by atoms with Gasteiger partial charge in [0.05, 0.1) is 13.0 Å². The summed E-state index contributed by atoms with van der Waals surface area (Å²) in [6.45, 7) is 1.94. The summed E-state index contributed by atoms with van der Waals surface area (Å²) in [4.78, 5) is 111.